The molecule has 0 aromatic heterocycles. The van der Waals surface area contributed by atoms with Gasteiger partial charge in [0.2, 0.25) is 5.91 Å². The van der Waals surface area contributed by atoms with Gasteiger partial charge in [-0.2, -0.15) is 0 Å². The Morgan fingerprint density at radius 1 is 1.23 bits per heavy atom. The lowest BCUT2D eigenvalue weighted by atomic mass is 9.88. The van der Waals surface area contributed by atoms with Gasteiger partial charge in [-0.25, -0.2) is 0 Å². The van der Waals surface area contributed by atoms with Crippen LogP contribution in [0.1, 0.15) is 50.4 Å². The third-order valence-corrected chi connectivity index (χ3v) is 5.93. The standard InChI is InChI=1S/C22H34N4O3S/c1-5-15(3)24-21(28)19(16-10-12-26(13-11-16)22(30)23-6-2)25-20(27)17-8-7-9-18(14-17)29-4/h7-9,14-16,19H,5-6,10-13H2,1-4H3,(H,23,30)(H,24,28)(H,25,27)/t15-,19-/m1/s1. The average Bonchev–Trinajstić information content (AvgIpc) is 2.77. The van der Waals surface area contributed by atoms with Gasteiger partial charge in [-0.3, -0.25) is 9.59 Å². The van der Waals surface area contributed by atoms with E-state index in [1.807, 2.05) is 20.8 Å². The zero-order valence-electron chi connectivity index (χ0n) is 18.4. The molecule has 1 heterocycles. The van der Waals surface area contributed by atoms with Crippen molar-refractivity contribution in [1.82, 2.24) is 20.9 Å². The van der Waals surface area contributed by atoms with Crippen molar-refractivity contribution in [3.05, 3.63) is 29.8 Å². The van der Waals surface area contributed by atoms with E-state index < -0.39 is 6.04 Å². The van der Waals surface area contributed by atoms with Crippen molar-refractivity contribution in [1.29, 1.82) is 0 Å². The van der Waals surface area contributed by atoms with Crippen molar-refractivity contribution < 1.29 is 14.3 Å². The predicted molar refractivity (Wildman–Crippen MR) is 123 cm³/mol. The van der Waals surface area contributed by atoms with Crippen LogP contribution in [0.2, 0.25) is 0 Å². The van der Waals surface area contributed by atoms with Crippen molar-refractivity contribution >= 4 is 29.1 Å². The molecule has 2 amide bonds. The van der Waals surface area contributed by atoms with Crippen LogP contribution in [0.4, 0.5) is 0 Å². The number of carbonyl (C=O) groups is 2. The predicted octanol–water partition coefficient (Wildman–Crippen LogP) is 2.31. The molecule has 0 bridgehead atoms. The molecule has 1 aromatic rings. The highest BCUT2D eigenvalue weighted by Gasteiger charge is 2.33. The van der Waals surface area contributed by atoms with Gasteiger partial charge < -0.3 is 25.6 Å². The SMILES string of the molecule is CCNC(=S)N1CCC([C@@H](NC(=O)c2cccc(OC)c2)C(=O)N[C@H](C)CC)CC1. The summed E-state index contributed by atoms with van der Waals surface area (Å²) >= 11 is 5.41. The van der Waals surface area contributed by atoms with Crippen LogP contribution >= 0.6 is 12.2 Å². The molecule has 2 rings (SSSR count). The minimum atomic E-state index is -0.590. The Morgan fingerprint density at radius 2 is 1.93 bits per heavy atom. The van der Waals surface area contributed by atoms with E-state index in [4.69, 9.17) is 17.0 Å². The third kappa shape index (κ3) is 6.58. The van der Waals surface area contributed by atoms with Crippen molar-refractivity contribution in [2.75, 3.05) is 26.7 Å². The number of methoxy groups -OCH3 is 1. The second-order valence-corrected chi connectivity index (χ2v) is 8.05. The molecule has 7 nitrogen and oxygen atoms in total. The Labute approximate surface area is 184 Å². The van der Waals surface area contributed by atoms with E-state index in [0.717, 1.165) is 44.0 Å². The molecule has 0 unspecified atom stereocenters. The third-order valence-electron chi connectivity index (χ3n) is 5.53. The van der Waals surface area contributed by atoms with Gasteiger partial charge in [0.05, 0.1) is 7.11 Å². The zero-order valence-corrected chi connectivity index (χ0v) is 19.2. The van der Waals surface area contributed by atoms with Crippen molar-refractivity contribution in [3.8, 4) is 5.75 Å². The lowest BCUT2D eigenvalue weighted by molar-refractivity contribution is -0.125. The summed E-state index contributed by atoms with van der Waals surface area (Å²) in [6.45, 7) is 8.32. The summed E-state index contributed by atoms with van der Waals surface area (Å²) in [5, 5.41) is 9.93. The summed E-state index contributed by atoms with van der Waals surface area (Å²) in [6.07, 6.45) is 2.39. The first-order chi connectivity index (χ1) is 14.4. The number of ether oxygens (including phenoxy) is 1. The fourth-order valence-electron chi connectivity index (χ4n) is 3.52. The van der Waals surface area contributed by atoms with E-state index in [2.05, 4.69) is 20.9 Å². The molecule has 30 heavy (non-hydrogen) atoms. The number of nitrogens with one attached hydrogen (secondary N) is 3. The molecule has 166 valence electrons. The molecular weight excluding hydrogens is 400 g/mol. The quantitative estimate of drug-likeness (QED) is 0.545. The number of hydrogen-bond donors (Lipinski definition) is 3. The highest BCUT2D eigenvalue weighted by Crippen LogP contribution is 2.22. The Morgan fingerprint density at radius 3 is 2.53 bits per heavy atom. The number of piperidine rings is 1. The maximum atomic E-state index is 13.0. The molecule has 1 aliphatic heterocycles. The van der Waals surface area contributed by atoms with Gasteiger partial charge >= 0.3 is 0 Å². The fraction of sp³-hybridized carbons (Fsp3) is 0.591. The normalized spacial score (nSPS) is 16.3. The van der Waals surface area contributed by atoms with E-state index in [0.29, 0.717) is 11.3 Å². The Bertz CT molecular complexity index is 735. The molecule has 0 saturated carbocycles. The zero-order chi connectivity index (χ0) is 22.1. The van der Waals surface area contributed by atoms with Crippen LogP contribution in [-0.2, 0) is 4.79 Å². The van der Waals surface area contributed by atoms with Crippen LogP contribution in [-0.4, -0.2) is 60.7 Å². The van der Waals surface area contributed by atoms with Crippen molar-refractivity contribution in [2.45, 2.75) is 52.1 Å². The van der Waals surface area contributed by atoms with Gasteiger partial charge in [0.25, 0.3) is 5.91 Å². The van der Waals surface area contributed by atoms with Crippen LogP contribution < -0.4 is 20.7 Å². The number of carbonyl (C=O) groups excluding carboxylic acids is 2. The maximum absolute atomic E-state index is 13.0. The summed E-state index contributed by atoms with van der Waals surface area (Å²) in [4.78, 5) is 28.0. The number of nitrogens with zero attached hydrogens (tertiary/aromatic N) is 1. The monoisotopic (exact) mass is 434 g/mol. The molecule has 1 aliphatic rings. The number of hydrogen-bond acceptors (Lipinski definition) is 4. The second kappa shape index (κ2) is 11.7. The summed E-state index contributed by atoms with van der Waals surface area (Å²) in [6, 6.07) is 6.41. The first-order valence-corrected chi connectivity index (χ1v) is 11.1. The second-order valence-electron chi connectivity index (χ2n) is 7.66. The van der Waals surface area contributed by atoms with Gasteiger partial charge in [0, 0.05) is 31.2 Å². The molecule has 0 aliphatic carbocycles. The molecule has 2 atom stereocenters. The van der Waals surface area contributed by atoms with E-state index >= 15 is 0 Å². The number of benzene rings is 1. The molecule has 1 aromatic carbocycles. The smallest absolute Gasteiger partial charge is 0.252 e. The lowest BCUT2D eigenvalue weighted by Crippen LogP contribution is -2.55. The largest absolute Gasteiger partial charge is 0.497 e. The van der Waals surface area contributed by atoms with Crippen LogP contribution in [0.3, 0.4) is 0 Å². The van der Waals surface area contributed by atoms with Gasteiger partial charge in [0.15, 0.2) is 5.11 Å². The van der Waals surface area contributed by atoms with Crippen LogP contribution in [0.5, 0.6) is 5.75 Å². The van der Waals surface area contributed by atoms with Crippen LogP contribution in [0.15, 0.2) is 24.3 Å². The fourth-order valence-corrected chi connectivity index (χ4v) is 3.85. The van der Waals surface area contributed by atoms with Gasteiger partial charge in [-0.15, -0.1) is 0 Å². The van der Waals surface area contributed by atoms with Gasteiger partial charge in [-0.05, 0) is 69.4 Å². The minimum Gasteiger partial charge on any atom is -0.497 e. The summed E-state index contributed by atoms with van der Waals surface area (Å²) < 4.78 is 5.21. The minimum absolute atomic E-state index is 0.0456. The Hall–Kier alpha value is -2.35. The van der Waals surface area contributed by atoms with Gasteiger partial charge in [0.1, 0.15) is 11.8 Å². The molecule has 8 heteroatoms. The number of likely N-dealkylation sites (tertiary alicyclic amines) is 1. The summed E-state index contributed by atoms with van der Waals surface area (Å²) in [7, 11) is 1.56. The molecule has 0 radical (unpaired) electrons. The number of rotatable bonds is 8. The highest BCUT2D eigenvalue weighted by atomic mass is 32.1. The summed E-state index contributed by atoms with van der Waals surface area (Å²) in [5.74, 6) is 0.245. The van der Waals surface area contributed by atoms with E-state index in [-0.39, 0.29) is 23.8 Å². The van der Waals surface area contributed by atoms with Crippen LogP contribution in [0, 0.1) is 5.92 Å². The topological polar surface area (TPSA) is 82.7 Å². The highest BCUT2D eigenvalue weighted by molar-refractivity contribution is 7.80. The van der Waals surface area contributed by atoms with E-state index in [1.54, 1.807) is 31.4 Å². The molecule has 3 N–H and O–H groups in total. The van der Waals surface area contributed by atoms with Crippen LogP contribution in [0.25, 0.3) is 0 Å². The van der Waals surface area contributed by atoms with E-state index in [9.17, 15) is 9.59 Å². The first kappa shape index (κ1) is 23.9. The first-order valence-electron chi connectivity index (χ1n) is 10.7. The lowest BCUT2D eigenvalue weighted by Gasteiger charge is -2.37. The van der Waals surface area contributed by atoms with Crippen molar-refractivity contribution in [2.24, 2.45) is 5.92 Å². The van der Waals surface area contributed by atoms with Gasteiger partial charge in [-0.1, -0.05) is 13.0 Å². The van der Waals surface area contributed by atoms with Crippen molar-refractivity contribution in [3.63, 3.8) is 0 Å². The number of thiocarbonyl (C=S) groups is 1. The average molecular weight is 435 g/mol. The molecular formula is C22H34N4O3S. The maximum Gasteiger partial charge on any atom is 0.252 e. The molecule has 1 saturated heterocycles. The Kier molecular flexibility index (Phi) is 9.36. The molecule has 0 spiro atoms. The Balaban J connectivity index is 2.12. The van der Waals surface area contributed by atoms with E-state index in [1.165, 1.54) is 0 Å². The number of amides is 2. The summed E-state index contributed by atoms with van der Waals surface area (Å²) in [5.41, 5.74) is 0.474. The molecule has 1 fully saturated rings.